The molecule has 2 aromatic rings. The highest BCUT2D eigenvalue weighted by molar-refractivity contribution is 5.75. The van der Waals surface area contributed by atoms with Crippen molar-refractivity contribution >= 4 is 11.8 Å². The summed E-state index contributed by atoms with van der Waals surface area (Å²) in [5, 5.41) is 11.8. The molecule has 6 nitrogen and oxygen atoms in total. The first kappa shape index (κ1) is 23.3. The second-order valence-electron chi connectivity index (χ2n) is 9.20. The largest absolute Gasteiger partial charge is 0.349 e. The van der Waals surface area contributed by atoms with E-state index in [0.717, 1.165) is 28.2 Å². The van der Waals surface area contributed by atoms with E-state index in [1.807, 2.05) is 20.8 Å². The Morgan fingerprint density at radius 1 is 1.06 bits per heavy atom. The first-order valence-electron chi connectivity index (χ1n) is 11.4. The van der Waals surface area contributed by atoms with Gasteiger partial charge in [-0.05, 0) is 69.0 Å². The van der Waals surface area contributed by atoms with Gasteiger partial charge in [-0.15, -0.1) is 10.2 Å². The third-order valence-electron chi connectivity index (χ3n) is 6.85. The lowest BCUT2D eigenvalue weighted by molar-refractivity contribution is -0.0398. The highest BCUT2D eigenvalue weighted by atomic mass is 19.3. The number of anilines is 1. The Bertz CT molecular complexity index is 1000. The van der Waals surface area contributed by atoms with E-state index < -0.39 is 5.92 Å². The molecule has 4 rings (SSSR count). The summed E-state index contributed by atoms with van der Waals surface area (Å²) in [7, 11) is 0. The van der Waals surface area contributed by atoms with E-state index in [9.17, 15) is 18.0 Å². The zero-order valence-corrected chi connectivity index (χ0v) is 19.2. The van der Waals surface area contributed by atoms with Gasteiger partial charge < -0.3 is 15.1 Å². The van der Waals surface area contributed by atoms with E-state index in [4.69, 9.17) is 0 Å². The number of carbonyl (C=O) groups excluding carboxylic acids is 1. The van der Waals surface area contributed by atoms with Crippen LogP contribution in [0.4, 0.5) is 23.8 Å². The minimum atomic E-state index is -2.61. The number of hydrogen-bond donors (Lipinski definition) is 1. The molecule has 2 heterocycles. The van der Waals surface area contributed by atoms with Crippen molar-refractivity contribution in [3.05, 3.63) is 41.2 Å². The van der Waals surface area contributed by atoms with Crippen LogP contribution in [-0.4, -0.2) is 58.8 Å². The molecule has 1 aromatic heterocycles. The van der Waals surface area contributed by atoms with Gasteiger partial charge in [0.1, 0.15) is 5.82 Å². The van der Waals surface area contributed by atoms with Gasteiger partial charge in [0.05, 0.1) is 5.69 Å². The van der Waals surface area contributed by atoms with Crippen molar-refractivity contribution in [3.63, 3.8) is 0 Å². The number of urea groups is 1. The number of aromatic nitrogens is 2. The number of hydrogen-bond acceptors (Lipinski definition) is 4. The Labute approximate surface area is 192 Å². The van der Waals surface area contributed by atoms with Crippen molar-refractivity contribution in [1.29, 1.82) is 0 Å². The van der Waals surface area contributed by atoms with Crippen LogP contribution in [0.25, 0.3) is 11.3 Å². The standard InChI is InChI=1S/C24H30F3N5O/c1-15-14-31(23(33)28-20-8-10-24(26,27)11-9-20)12-13-32(15)22-17(3)16(2)21(29-30-22)18-4-6-19(25)7-5-18/h4-7,15,20H,8-14H2,1-3H3,(H,28,33). The van der Waals surface area contributed by atoms with Crippen LogP contribution in [0.3, 0.4) is 0 Å². The Balaban J connectivity index is 1.41. The first-order chi connectivity index (χ1) is 15.6. The molecule has 9 heteroatoms. The number of amides is 2. The number of rotatable bonds is 3. The molecule has 1 aromatic carbocycles. The fraction of sp³-hybridized carbons (Fsp3) is 0.542. The summed E-state index contributed by atoms with van der Waals surface area (Å²) >= 11 is 0. The van der Waals surface area contributed by atoms with E-state index in [1.54, 1.807) is 17.0 Å². The predicted molar refractivity (Wildman–Crippen MR) is 121 cm³/mol. The number of alkyl halides is 2. The minimum absolute atomic E-state index is 0.0178. The molecule has 0 radical (unpaired) electrons. The van der Waals surface area contributed by atoms with E-state index in [2.05, 4.69) is 20.4 Å². The molecular weight excluding hydrogens is 431 g/mol. The quantitative estimate of drug-likeness (QED) is 0.720. The maximum absolute atomic E-state index is 13.4. The number of nitrogens with zero attached hydrogens (tertiary/aromatic N) is 4. The van der Waals surface area contributed by atoms with Crippen molar-refractivity contribution in [3.8, 4) is 11.3 Å². The van der Waals surface area contributed by atoms with Crippen molar-refractivity contribution in [2.75, 3.05) is 24.5 Å². The summed E-state index contributed by atoms with van der Waals surface area (Å²) in [5.41, 5.74) is 3.51. The molecule has 33 heavy (non-hydrogen) atoms. The zero-order valence-electron chi connectivity index (χ0n) is 19.2. The van der Waals surface area contributed by atoms with Crippen LogP contribution in [0, 0.1) is 19.7 Å². The summed E-state index contributed by atoms with van der Waals surface area (Å²) < 4.78 is 40.0. The maximum atomic E-state index is 13.4. The Kier molecular flexibility index (Phi) is 6.50. The Morgan fingerprint density at radius 2 is 1.73 bits per heavy atom. The van der Waals surface area contributed by atoms with E-state index in [0.29, 0.717) is 32.5 Å². The first-order valence-corrected chi connectivity index (χ1v) is 11.4. The summed E-state index contributed by atoms with van der Waals surface area (Å²) in [4.78, 5) is 16.6. The number of benzene rings is 1. The molecule has 2 fully saturated rings. The van der Waals surface area contributed by atoms with Crippen LogP contribution in [0.1, 0.15) is 43.7 Å². The fourth-order valence-corrected chi connectivity index (χ4v) is 4.65. The number of piperazine rings is 1. The number of halogens is 3. The highest BCUT2D eigenvalue weighted by Gasteiger charge is 2.36. The Morgan fingerprint density at radius 3 is 2.36 bits per heavy atom. The minimum Gasteiger partial charge on any atom is -0.349 e. The molecule has 1 unspecified atom stereocenters. The van der Waals surface area contributed by atoms with E-state index in [1.165, 1.54) is 12.1 Å². The van der Waals surface area contributed by atoms with Crippen LogP contribution in [0.5, 0.6) is 0 Å². The van der Waals surface area contributed by atoms with Gasteiger partial charge in [-0.3, -0.25) is 0 Å². The number of carbonyl (C=O) groups is 1. The normalized spacial score (nSPS) is 21.2. The molecule has 2 amide bonds. The monoisotopic (exact) mass is 461 g/mol. The summed E-state index contributed by atoms with van der Waals surface area (Å²) in [5.74, 6) is -2.12. The van der Waals surface area contributed by atoms with Gasteiger partial charge in [0, 0.05) is 50.1 Å². The van der Waals surface area contributed by atoms with Gasteiger partial charge in [0.25, 0.3) is 0 Å². The number of nitrogens with one attached hydrogen (secondary N) is 1. The topological polar surface area (TPSA) is 61.4 Å². The van der Waals surface area contributed by atoms with Crippen LogP contribution in [0.15, 0.2) is 24.3 Å². The van der Waals surface area contributed by atoms with Gasteiger partial charge in [-0.25, -0.2) is 18.0 Å². The molecule has 0 bridgehead atoms. The van der Waals surface area contributed by atoms with Crippen molar-refractivity contribution in [2.24, 2.45) is 0 Å². The van der Waals surface area contributed by atoms with Crippen LogP contribution >= 0.6 is 0 Å². The van der Waals surface area contributed by atoms with E-state index in [-0.39, 0.29) is 36.8 Å². The smallest absolute Gasteiger partial charge is 0.317 e. The SMILES string of the molecule is Cc1c(-c2ccc(F)cc2)nnc(N2CCN(C(=O)NC3CCC(F)(F)CC3)CC2C)c1C. The predicted octanol–water partition coefficient (Wildman–Crippen LogP) is 4.70. The van der Waals surface area contributed by atoms with Crippen LogP contribution in [0.2, 0.25) is 0 Å². The fourth-order valence-electron chi connectivity index (χ4n) is 4.65. The molecule has 1 saturated heterocycles. The summed E-state index contributed by atoms with van der Waals surface area (Å²) in [6.07, 6.45) is 0.270. The third kappa shape index (κ3) is 5.07. The van der Waals surface area contributed by atoms with Crippen molar-refractivity contribution in [2.45, 2.75) is 64.5 Å². The van der Waals surface area contributed by atoms with Gasteiger partial charge in [-0.2, -0.15) is 0 Å². The molecule has 1 aliphatic carbocycles. The lowest BCUT2D eigenvalue weighted by Crippen LogP contribution is -2.57. The zero-order chi connectivity index (χ0) is 23.8. The molecule has 1 atom stereocenters. The van der Waals surface area contributed by atoms with Gasteiger partial charge >= 0.3 is 6.03 Å². The van der Waals surface area contributed by atoms with E-state index >= 15 is 0 Å². The van der Waals surface area contributed by atoms with Gasteiger partial charge in [0.2, 0.25) is 5.92 Å². The average molecular weight is 462 g/mol. The Hall–Kier alpha value is -2.84. The summed E-state index contributed by atoms with van der Waals surface area (Å²) in [6.45, 7) is 7.63. The highest BCUT2D eigenvalue weighted by Crippen LogP contribution is 2.33. The third-order valence-corrected chi connectivity index (χ3v) is 6.85. The lowest BCUT2D eigenvalue weighted by Gasteiger charge is -2.41. The summed E-state index contributed by atoms with van der Waals surface area (Å²) in [6, 6.07) is 5.83. The van der Waals surface area contributed by atoms with Crippen LogP contribution < -0.4 is 10.2 Å². The molecule has 1 N–H and O–H groups in total. The van der Waals surface area contributed by atoms with Gasteiger partial charge in [-0.1, -0.05) is 0 Å². The second-order valence-corrected chi connectivity index (χ2v) is 9.20. The molecular formula is C24H30F3N5O. The van der Waals surface area contributed by atoms with Crippen LogP contribution in [-0.2, 0) is 0 Å². The molecule has 1 aliphatic heterocycles. The second kappa shape index (κ2) is 9.19. The molecule has 1 saturated carbocycles. The molecule has 0 spiro atoms. The van der Waals surface area contributed by atoms with Crippen molar-refractivity contribution < 1.29 is 18.0 Å². The average Bonchev–Trinajstić information content (AvgIpc) is 2.78. The molecule has 178 valence electrons. The molecule has 2 aliphatic rings. The van der Waals surface area contributed by atoms with Crippen molar-refractivity contribution in [1.82, 2.24) is 20.4 Å². The maximum Gasteiger partial charge on any atom is 0.317 e. The van der Waals surface area contributed by atoms with Gasteiger partial charge in [0.15, 0.2) is 5.82 Å². The lowest BCUT2D eigenvalue weighted by atomic mass is 9.92.